The van der Waals surface area contributed by atoms with Crippen molar-refractivity contribution in [3.05, 3.63) is 34.8 Å². The second kappa shape index (κ2) is 4.35. The summed E-state index contributed by atoms with van der Waals surface area (Å²) in [6, 6.07) is 7.53. The summed E-state index contributed by atoms with van der Waals surface area (Å²) in [6.45, 7) is 4.05. The number of rotatable bonds is 2. The van der Waals surface area contributed by atoms with E-state index < -0.39 is 0 Å². The molecule has 0 amide bonds. The number of nitrogens with zero attached hydrogens (tertiary/aromatic N) is 1. The molecule has 1 saturated heterocycles. The van der Waals surface area contributed by atoms with Crippen LogP contribution in [0.25, 0.3) is 11.1 Å². The molecule has 1 aromatic heterocycles. The summed E-state index contributed by atoms with van der Waals surface area (Å²) >= 11 is 0. The number of quaternary nitrogens is 1. The summed E-state index contributed by atoms with van der Waals surface area (Å²) in [7, 11) is 0. The summed E-state index contributed by atoms with van der Waals surface area (Å²) in [5, 5.41) is 0. The van der Waals surface area contributed by atoms with E-state index in [1.807, 2.05) is 24.3 Å². The maximum absolute atomic E-state index is 11.8. The lowest BCUT2D eigenvalue weighted by Gasteiger charge is -2.23. The van der Waals surface area contributed by atoms with Gasteiger partial charge in [-0.25, -0.2) is 9.36 Å². The van der Waals surface area contributed by atoms with Crippen molar-refractivity contribution in [2.24, 2.45) is 0 Å². The van der Waals surface area contributed by atoms with Crippen molar-refractivity contribution in [3.8, 4) is 0 Å². The third kappa shape index (κ3) is 1.99. The fourth-order valence-corrected chi connectivity index (χ4v) is 2.21. The average molecular weight is 235 g/mol. The highest BCUT2D eigenvalue weighted by atomic mass is 16.5. The molecule has 17 heavy (non-hydrogen) atoms. The lowest BCUT2D eigenvalue weighted by Crippen LogP contribution is -3.13. The Balaban J connectivity index is 1.93. The van der Waals surface area contributed by atoms with Crippen LogP contribution in [0, 0.1) is 0 Å². The van der Waals surface area contributed by atoms with Gasteiger partial charge < -0.3 is 14.1 Å². The third-order valence-electron chi connectivity index (χ3n) is 3.16. The van der Waals surface area contributed by atoms with Gasteiger partial charge in [-0.1, -0.05) is 12.1 Å². The molecule has 0 spiro atoms. The maximum Gasteiger partial charge on any atom is 0.424 e. The molecule has 0 radical (unpaired) electrons. The number of nitrogens with one attached hydrogen (secondary N) is 1. The van der Waals surface area contributed by atoms with Gasteiger partial charge in [-0.15, -0.1) is 0 Å². The van der Waals surface area contributed by atoms with Gasteiger partial charge in [0.25, 0.3) is 0 Å². The molecule has 0 unspecified atom stereocenters. The van der Waals surface area contributed by atoms with Crippen LogP contribution in [0.4, 0.5) is 0 Å². The molecular formula is C12H15N2O3+. The maximum atomic E-state index is 11.8. The zero-order valence-electron chi connectivity index (χ0n) is 9.52. The first-order chi connectivity index (χ1) is 8.34. The van der Waals surface area contributed by atoms with Gasteiger partial charge in [0.2, 0.25) is 0 Å². The second-order valence-electron chi connectivity index (χ2n) is 4.28. The van der Waals surface area contributed by atoms with Gasteiger partial charge in [0.05, 0.1) is 18.7 Å². The number of hydrogen-bond donors (Lipinski definition) is 1. The smallest absolute Gasteiger partial charge is 0.408 e. The van der Waals surface area contributed by atoms with Crippen LogP contribution in [0.3, 0.4) is 0 Å². The van der Waals surface area contributed by atoms with E-state index in [1.54, 1.807) is 4.57 Å². The highest BCUT2D eigenvalue weighted by molar-refractivity contribution is 5.72. The highest BCUT2D eigenvalue weighted by Gasteiger charge is 2.17. The molecule has 5 nitrogen and oxygen atoms in total. The topological polar surface area (TPSA) is 48.8 Å². The number of morpholine rings is 1. The summed E-state index contributed by atoms with van der Waals surface area (Å²) in [4.78, 5) is 13.1. The molecule has 0 bridgehead atoms. The van der Waals surface area contributed by atoms with Crippen molar-refractivity contribution in [3.63, 3.8) is 0 Å². The summed E-state index contributed by atoms with van der Waals surface area (Å²) in [5.41, 5.74) is 1.53. The van der Waals surface area contributed by atoms with Gasteiger partial charge in [-0.2, -0.15) is 0 Å². The lowest BCUT2D eigenvalue weighted by molar-refractivity contribution is -0.930. The molecule has 1 aliphatic rings. The molecule has 0 atom stereocenters. The van der Waals surface area contributed by atoms with Crippen LogP contribution in [0.15, 0.2) is 33.5 Å². The molecule has 0 saturated carbocycles. The predicted octanol–water partition coefficient (Wildman–Crippen LogP) is -0.533. The van der Waals surface area contributed by atoms with E-state index in [2.05, 4.69) is 0 Å². The molecule has 1 aromatic carbocycles. The van der Waals surface area contributed by atoms with Gasteiger partial charge >= 0.3 is 5.76 Å². The Bertz CT molecular complexity index is 566. The minimum atomic E-state index is -0.273. The van der Waals surface area contributed by atoms with E-state index in [0.717, 1.165) is 31.8 Å². The normalized spacial score (nSPS) is 17.6. The first kappa shape index (κ1) is 10.6. The van der Waals surface area contributed by atoms with Crippen LogP contribution < -0.4 is 10.7 Å². The zero-order valence-corrected chi connectivity index (χ0v) is 9.52. The molecule has 90 valence electrons. The van der Waals surface area contributed by atoms with E-state index >= 15 is 0 Å². The molecule has 1 aliphatic heterocycles. The van der Waals surface area contributed by atoms with Crippen molar-refractivity contribution in [1.82, 2.24) is 4.57 Å². The number of oxazole rings is 1. The monoisotopic (exact) mass is 235 g/mol. The van der Waals surface area contributed by atoms with Gasteiger partial charge in [0, 0.05) is 0 Å². The van der Waals surface area contributed by atoms with Crippen molar-refractivity contribution in [1.29, 1.82) is 0 Å². The van der Waals surface area contributed by atoms with Crippen LogP contribution in [-0.4, -0.2) is 30.9 Å². The Labute approximate surface area is 98.2 Å². The Morgan fingerprint density at radius 1 is 1.24 bits per heavy atom. The number of para-hydroxylation sites is 2. The van der Waals surface area contributed by atoms with Crippen molar-refractivity contribution >= 4 is 11.1 Å². The minimum absolute atomic E-state index is 0.273. The third-order valence-corrected chi connectivity index (χ3v) is 3.16. The Morgan fingerprint density at radius 2 is 2.00 bits per heavy atom. The average Bonchev–Trinajstić information content (AvgIpc) is 2.68. The fraction of sp³-hybridized carbons (Fsp3) is 0.417. The molecule has 1 N–H and O–H groups in total. The minimum Gasteiger partial charge on any atom is -0.408 e. The van der Waals surface area contributed by atoms with E-state index in [1.165, 1.54) is 4.90 Å². The van der Waals surface area contributed by atoms with Crippen molar-refractivity contribution in [2.45, 2.75) is 6.67 Å². The van der Waals surface area contributed by atoms with Gasteiger partial charge in [0.15, 0.2) is 12.3 Å². The van der Waals surface area contributed by atoms with Crippen LogP contribution in [-0.2, 0) is 11.4 Å². The molecular weight excluding hydrogens is 220 g/mol. The van der Waals surface area contributed by atoms with Crippen LogP contribution in [0.5, 0.6) is 0 Å². The number of fused-ring (bicyclic) bond motifs is 1. The summed E-state index contributed by atoms with van der Waals surface area (Å²) in [5.74, 6) is -0.273. The molecule has 2 heterocycles. The van der Waals surface area contributed by atoms with Crippen LogP contribution in [0.2, 0.25) is 0 Å². The van der Waals surface area contributed by atoms with E-state index in [9.17, 15) is 4.79 Å². The Morgan fingerprint density at radius 3 is 2.82 bits per heavy atom. The second-order valence-corrected chi connectivity index (χ2v) is 4.28. The van der Waals surface area contributed by atoms with E-state index in [-0.39, 0.29) is 5.76 Å². The van der Waals surface area contributed by atoms with Crippen molar-refractivity contribution < 1.29 is 14.1 Å². The summed E-state index contributed by atoms with van der Waals surface area (Å²) in [6.07, 6.45) is 0. The van der Waals surface area contributed by atoms with Crippen molar-refractivity contribution in [2.75, 3.05) is 26.3 Å². The molecule has 5 heteroatoms. The molecule has 3 rings (SSSR count). The first-order valence-electron chi connectivity index (χ1n) is 5.84. The van der Waals surface area contributed by atoms with Gasteiger partial charge in [0.1, 0.15) is 13.1 Å². The summed E-state index contributed by atoms with van der Waals surface area (Å²) < 4.78 is 12.2. The Hall–Kier alpha value is -1.59. The van der Waals surface area contributed by atoms with Crippen LogP contribution >= 0.6 is 0 Å². The Kier molecular flexibility index (Phi) is 2.70. The molecule has 0 aliphatic carbocycles. The van der Waals surface area contributed by atoms with E-state index in [4.69, 9.17) is 9.15 Å². The molecule has 1 fully saturated rings. The van der Waals surface area contributed by atoms with Gasteiger partial charge in [-0.3, -0.25) is 0 Å². The predicted molar refractivity (Wildman–Crippen MR) is 62.0 cm³/mol. The SMILES string of the molecule is O=c1oc2ccccc2n1C[NH+]1CCOCC1. The first-order valence-corrected chi connectivity index (χ1v) is 5.84. The van der Waals surface area contributed by atoms with Crippen LogP contribution in [0.1, 0.15) is 0 Å². The number of hydrogen-bond acceptors (Lipinski definition) is 3. The lowest BCUT2D eigenvalue weighted by atomic mass is 10.3. The number of aromatic nitrogens is 1. The largest absolute Gasteiger partial charge is 0.424 e. The number of benzene rings is 1. The molecule has 2 aromatic rings. The fourth-order valence-electron chi connectivity index (χ4n) is 2.21. The van der Waals surface area contributed by atoms with Gasteiger partial charge in [-0.05, 0) is 12.1 Å². The quantitative estimate of drug-likeness (QED) is 0.761. The van der Waals surface area contributed by atoms with E-state index in [0.29, 0.717) is 12.3 Å². The number of ether oxygens (including phenoxy) is 1. The highest BCUT2D eigenvalue weighted by Crippen LogP contribution is 2.10. The zero-order chi connectivity index (χ0) is 11.7. The standard InChI is InChI=1S/C12H14N2O3/c15-12-14(9-13-5-7-16-8-6-13)10-3-1-2-4-11(10)17-12/h1-4H,5-9H2/p+1.